The van der Waals surface area contributed by atoms with Crippen molar-refractivity contribution in [2.45, 2.75) is 32.8 Å². The van der Waals surface area contributed by atoms with E-state index in [4.69, 9.17) is 14.2 Å². The minimum absolute atomic E-state index is 0.0985. The number of unbranched alkanes of at least 4 members (excludes halogenated alkanes) is 1. The van der Waals surface area contributed by atoms with Gasteiger partial charge in [0.25, 0.3) is 5.56 Å². The Morgan fingerprint density at radius 2 is 1.96 bits per heavy atom. The van der Waals surface area contributed by atoms with E-state index in [9.17, 15) is 9.59 Å². The van der Waals surface area contributed by atoms with Crippen LogP contribution < -0.4 is 15.0 Å². The van der Waals surface area contributed by atoms with Gasteiger partial charge in [-0.3, -0.25) is 4.79 Å². The second kappa shape index (κ2) is 9.32. The summed E-state index contributed by atoms with van der Waals surface area (Å²) in [4.78, 5) is 28.9. The van der Waals surface area contributed by atoms with E-state index in [0.29, 0.717) is 22.2 Å². The summed E-state index contributed by atoms with van der Waals surface area (Å²) in [6.45, 7) is 1.76. The highest BCUT2D eigenvalue weighted by atomic mass is 32.1. The summed E-state index contributed by atoms with van der Waals surface area (Å²) in [6, 6.07) is 8.19. The number of carbonyl (C=O) groups excluding carboxylic acids is 1. The van der Waals surface area contributed by atoms with Gasteiger partial charge in [0, 0.05) is 12.5 Å². The lowest BCUT2D eigenvalue weighted by atomic mass is 10.3. The Morgan fingerprint density at radius 3 is 2.68 bits per heavy atom. The molecule has 3 rings (SSSR count). The Kier molecular flexibility index (Phi) is 6.59. The molecular weight excluding hydrogens is 382 g/mol. The SMILES string of the molecule is CCCCc1nn2c(=O)cc(COC(=O)COc3ccc(OC)cc3)nc2s1. The Hall–Kier alpha value is -2.94. The van der Waals surface area contributed by atoms with Crippen LogP contribution in [0.15, 0.2) is 35.1 Å². The van der Waals surface area contributed by atoms with Crippen LogP contribution in [0.25, 0.3) is 4.96 Å². The van der Waals surface area contributed by atoms with Crippen LogP contribution in [0.2, 0.25) is 0 Å². The fraction of sp³-hybridized carbons (Fsp3) is 0.368. The third-order valence-electron chi connectivity index (χ3n) is 3.88. The van der Waals surface area contributed by atoms with Crippen LogP contribution in [-0.4, -0.2) is 34.3 Å². The lowest BCUT2D eigenvalue weighted by Gasteiger charge is -2.07. The molecule has 0 aliphatic carbocycles. The highest BCUT2D eigenvalue weighted by molar-refractivity contribution is 7.16. The minimum atomic E-state index is -0.550. The fourth-order valence-electron chi connectivity index (χ4n) is 2.41. The Labute approximate surface area is 165 Å². The van der Waals surface area contributed by atoms with Crippen LogP contribution >= 0.6 is 11.3 Å². The monoisotopic (exact) mass is 403 g/mol. The summed E-state index contributed by atoms with van der Waals surface area (Å²) in [5.41, 5.74) is 0.0954. The van der Waals surface area contributed by atoms with Crippen molar-refractivity contribution >= 4 is 22.3 Å². The average Bonchev–Trinajstić information content (AvgIpc) is 3.13. The molecule has 0 radical (unpaired) electrons. The number of fused-ring (bicyclic) bond motifs is 1. The molecule has 0 amide bonds. The standard InChI is InChI=1S/C19H21N3O5S/c1-3-4-5-16-21-22-17(23)10-13(20-19(22)28-16)11-27-18(24)12-26-15-8-6-14(25-2)7-9-15/h6-10H,3-5,11-12H2,1-2H3. The van der Waals surface area contributed by atoms with Crippen molar-refractivity contribution < 1.29 is 19.0 Å². The number of esters is 1. The van der Waals surface area contributed by atoms with Gasteiger partial charge in [0.2, 0.25) is 4.96 Å². The normalized spacial score (nSPS) is 10.8. The van der Waals surface area contributed by atoms with Gasteiger partial charge in [0.15, 0.2) is 6.61 Å². The van der Waals surface area contributed by atoms with Crippen molar-refractivity contribution in [2.24, 2.45) is 0 Å². The molecule has 2 heterocycles. The van der Waals surface area contributed by atoms with E-state index in [1.165, 1.54) is 21.9 Å². The lowest BCUT2D eigenvalue weighted by Crippen LogP contribution is -2.18. The number of carbonyl (C=O) groups is 1. The topological polar surface area (TPSA) is 92.0 Å². The molecule has 148 valence electrons. The van der Waals surface area contributed by atoms with E-state index < -0.39 is 5.97 Å². The zero-order valence-electron chi connectivity index (χ0n) is 15.7. The van der Waals surface area contributed by atoms with Crippen LogP contribution in [0.3, 0.4) is 0 Å². The van der Waals surface area contributed by atoms with Gasteiger partial charge in [-0.2, -0.15) is 9.61 Å². The summed E-state index contributed by atoms with van der Waals surface area (Å²) in [6.07, 6.45) is 2.88. The van der Waals surface area contributed by atoms with Crippen LogP contribution in [0.1, 0.15) is 30.5 Å². The van der Waals surface area contributed by atoms with Crippen LogP contribution in [0.4, 0.5) is 0 Å². The first-order chi connectivity index (χ1) is 13.6. The van der Waals surface area contributed by atoms with E-state index in [2.05, 4.69) is 17.0 Å². The number of aromatic nitrogens is 3. The van der Waals surface area contributed by atoms with Crippen molar-refractivity contribution in [3.63, 3.8) is 0 Å². The molecule has 0 aliphatic heterocycles. The van der Waals surface area contributed by atoms with Crippen molar-refractivity contribution in [3.8, 4) is 11.5 Å². The molecule has 9 heteroatoms. The molecule has 0 unspecified atom stereocenters. The minimum Gasteiger partial charge on any atom is -0.497 e. The summed E-state index contributed by atoms with van der Waals surface area (Å²) < 4.78 is 16.9. The van der Waals surface area contributed by atoms with E-state index >= 15 is 0 Å². The van der Waals surface area contributed by atoms with Gasteiger partial charge in [-0.15, -0.1) is 0 Å². The van der Waals surface area contributed by atoms with Gasteiger partial charge < -0.3 is 14.2 Å². The fourth-order valence-corrected chi connectivity index (χ4v) is 3.37. The number of aryl methyl sites for hydroxylation is 1. The van der Waals surface area contributed by atoms with Gasteiger partial charge in [-0.25, -0.2) is 9.78 Å². The third kappa shape index (κ3) is 5.07. The molecule has 0 fully saturated rings. The first kappa shape index (κ1) is 19.8. The van der Waals surface area contributed by atoms with Crippen molar-refractivity contribution in [2.75, 3.05) is 13.7 Å². The maximum Gasteiger partial charge on any atom is 0.344 e. The molecule has 2 aromatic heterocycles. The molecular formula is C19H21N3O5S. The predicted octanol–water partition coefficient (Wildman–Crippen LogP) is 2.62. The molecule has 0 spiro atoms. The number of hydrogen-bond donors (Lipinski definition) is 0. The number of nitrogens with zero attached hydrogens (tertiary/aromatic N) is 3. The third-order valence-corrected chi connectivity index (χ3v) is 4.85. The Balaban J connectivity index is 1.56. The number of ether oxygens (including phenoxy) is 3. The van der Waals surface area contributed by atoms with Crippen LogP contribution in [0, 0.1) is 0 Å². The smallest absolute Gasteiger partial charge is 0.344 e. The summed E-state index contributed by atoms with van der Waals surface area (Å²) >= 11 is 1.38. The van der Waals surface area contributed by atoms with Crippen LogP contribution in [0.5, 0.6) is 11.5 Å². The van der Waals surface area contributed by atoms with Gasteiger partial charge in [0.05, 0.1) is 12.8 Å². The summed E-state index contributed by atoms with van der Waals surface area (Å²) in [7, 11) is 1.57. The van der Waals surface area contributed by atoms with E-state index in [1.54, 1.807) is 31.4 Å². The molecule has 1 aromatic carbocycles. The maximum atomic E-state index is 12.2. The molecule has 3 aromatic rings. The molecule has 0 bridgehead atoms. The van der Waals surface area contributed by atoms with Gasteiger partial charge in [-0.05, 0) is 30.7 Å². The summed E-state index contributed by atoms with van der Waals surface area (Å²) in [5, 5.41) is 5.15. The second-order valence-corrected chi connectivity index (χ2v) is 7.04. The number of methoxy groups -OCH3 is 1. The highest BCUT2D eigenvalue weighted by Crippen LogP contribution is 2.17. The average molecular weight is 403 g/mol. The quantitative estimate of drug-likeness (QED) is 0.507. The molecule has 0 saturated carbocycles. The van der Waals surface area contributed by atoms with Crippen LogP contribution in [-0.2, 0) is 22.6 Å². The number of benzene rings is 1. The Morgan fingerprint density at radius 1 is 1.21 bits per heavy atom. The first-order valence-corrected chi connectivity index (χ1v) is 9.72. The van der Waals surface area contributed by atoms with Crippen molar-refractivity contribution in [1.29, 1.82) is 0 Å². The number of hydrogen-bond acceptors (Lipinski definition) is 8. The molecule has 0 aliphatic rings. The van der Waals surface area contributed by atoms with E-state index in [0.717, 1.165) is 24.3 Å². The van der Waals surface area contributed by atoms with Gasteiger partial charge in [-0.1, -0.05) is 24.7 Å². The molecule has 28 heavy (non-hydrogen) atoms. The van der Waals surface area contributed by atoms with Crippen molar-refractivity contribution in [3.05, 3.63) is 51.4 Å². The molecule has 0 saturated heterocycles. The lowest BCUT2D eigenvalue weighted by molar-refractivity contribution is -0.147. The van der Waals surface area contributed by atoms with E-state index in [1.807, 2.05) is 0 Å². The Bertz CT molecular complexity index is 997. The van der Waals surface area contributed by atoms with Crippen molar-refractivity contribution in [1.82, 2.24) is 14.6 Å². The molecule has 8 nitrogen and oxygen atoms in total. The van der Waals surface area contributed by atoms with E-state index in [-0.39, 0.29) is 18.8 Å². The molecule has 0 atom stereocenters. The summed E-state index contributed by atoms with van der Waals surface area (Å²) in [5.74, 6) is 0.675. The molecule has 0 N–H and O–H groups in total. The highest BCUT2D eigenvalue weighted by Gasteiger charge is 2.11. The number of rotatable bonds is 9. The zero-order chi connectivity index (χ0) is 19.9. The predicted molar refractivity (Wildman–Crippen MR) is 104 cm³/mol. The first-order valence-electron chi connectivity index (χ1n) is 8.90. The largest absolute Gasteiger partial charge is 0.497 e. The van der Waals surface area contributed by atoms with Gasteiger partial charge in [0.1, 0.15) is 23.1 Å². The maximum absolute atomic E-state index is 12.2. The van der Waals surface area contributed by atoms with Gasteiger partial charge >= 0.3 is 5.97 Å². The zero-order valence-corrected chi connectivity index (χ0v) is 16.5. The second-order valence-electron chi connectivity index (χ2n) is 6.00.